The molecule has 2 fully saturated rings. The highest BCUT2D eigenvalue weighted by Crippen LogP contribution is 2.40. The fourth-order valence-corrected chi connectivity index (χ4v) is 5.82. The van der Waals surface area contributed by atoms with Crippen LogP contribution in [0.25, 0.3) is 0 Å². The van der Waals surface area contributed by atoms with Gasteiger partial charge in [-0.3, -0.25) is 9.69 Å². The Morgan fingerprint density at radius 1 is 0.944 bits per heavy atom. The molecule has 0 atom stereocenters. The lowest BCUT2D eigenvalue weighted by Gasteiger charge is -2.40. The van der Waals surface area contributed by atoms with Crippen molar-refractivity contribution in [2.24, 2.45) is 11.3 Å². The summed E-state index contributed by atoms with van der Waals surface area (Å²) in [7, 11) is 0. The number of hydrogen-bond acceptors (Lipinski definition) is 5. The van der Waals surface area contributed by atoms with Gasteiger partial charge in [-0.2, -0.15) is 0 Å². The van der Waals surface area contributed by atoms with Crippen LogP contribution < -0.4 is 0 Å². The van der Waals surface area contributed by atoms with Crippen molar-refractivity contribution >= 4 is 5.91 Å². The Labute approximate surface area is 214 Å². The number of H-pyrrole nitrogens is 2. The number of carbonyl (C=O) groups excluding carboxylic acids is 1. The Hall–Kier alpha value is -2.97. The Morgan fingerprint density at radius 2 is 1.53 bits per heavy atom. The van der Waals surface area contributed by atoms with Gasteiger partial charge in [-0.15, -0.1) is 0 Å². The van der Waals surface area contributed by atoms with Crippen LogP contribution in [0.3, 0.4) is 0 Å². The minimum Gasteiger partial charge on any atom is -0.347 e. The highest BCUT2D eigenvalue weighted by Gasteiger charge is 2.40. The SMILES string of the molecule is CC(C)CN1CCC2(CC1)CCN(Cc1ccc(C(=O)N(Cc3ncc[nH]3)Cc3ncc[nH]3)cc1)C2. The summed E-state index contributed by atoms with van der Waals surface area (Å²) in [4.78, 5) is 35.2. The van der Waals surface area contributed by atoms with E-state index in [9.17, 15) is 4.79 Å². The van der Waals surface area contributed by atoms with Crippen molar-refractivity contribution in [3.05, 3.63) is 71.8 Å². The van der Waals surface area contributed by atoms with E-state index in [1.807, 2.05) is 12.1 Å². The predicted octanol–water partition coefficient (Wildman–Crippen LogP) is 3.92. The quantitative estimate of drug-likeness (QED) is 0.476. The molecule has 2 N–H and O–H groups in total. The first kappa shape index (κ1) is 24.7. The molecule has 0 radical (unpaired) electrons. The first-order valence-corrected chi connectivity index (χ1v) is 13.3. The van der Waals surface area contributed by atoms with Gasteiger partial charge in [0.2, 0.25) is 0 Å². The summed E-state index contributed by atoms with van der Waals surface area (Å²) >= 11 is 0. The van der Waals surface area contributed by atoms with E-state index < -0.39 is 0 Å². The zero-order chi connectivity index (χ0) is 25.0. The number of hydrogen-bond donors (Lipinski definition) is 2. The highest BCUT2D eigenvalue weighted by atomic mass is 16.2. The van der Waals surface area contributed by atoms with E-state index in [0.29, 0.717) is 24.1 Å². The number of nitrogens with zero attached hydrogens (tertiary/aromatic N) is 5. The molecule has 1 aromatic carbocycles. The Bertz CT molecular complexity index is 1050. The summed E-state index contributed by atoms with van der Waals surface area (Å²) in [5.74, 6) is 2.23. The third-order valence-electron chi connectivity index (χ3n) is 7.74. The molecule has 192 valence electrons. The molecule has 0 aliphatic carbocycles. The van der Waals surface area contributed by atoms with Gasteiger partial charge in [0.05, 0.1) is 13.1 Å². The maximum Gasteiger partial charge on any atom is 0.254 e. The van der Waals surface area contributed by atoms with Crippen LogP contribution in [0.2, 0.25) is 0 Å². The number of amides is 1. The molecule has 8 heteroatoms. The number of nitrogens with one attached hydrogen (secondary N) is 2. The van der Waals surface area contributed by atoms with Crippen LogP contribution >= 0.6 is 0 Å². The summed E-state index contributed by atoms with van der Waals surface area (Å²) in [5.41, 5.74) is 2.46. The Kier molecular flexibility index (Phi) is 7.53. The number of likely N-dealkylation sites (tertiary alicyclic amines) is 2. The molecule has 0 saturated carbocycles. The van der Waals surface area contributed by atoms with E-state index in [4.69, 9.17) is 0 Å². The average molecular weight is 490 g/mol. The molecule has 5 rings (SSSR count). The van der Waals surface area contributed by atoms with E-state index >= 15 is 0 Å². The number of imidazole rings is 2. The second kappa shape index (κ2) is 11.0. The van der Waals surface area contributed by atoms with Crippen LogP contribution in [0, 0.1) is 11.3 Å². The van der Waals surface area contributed by atoms with Crippen molar-refractivity contribution in [1.82, 2.24) is 34.6 Å². The summed E-state index contributed by atoms with van der Waals surface area (Å²) in [6, 6.07) is 8.15. The fourth-order valence-electron chi connectivity index (χ4n) is 5.82. The number of carbonyl (C=O) groups is 1. The molecule has 0 unspecified atom stereocenters. The second-order valence-electron chi connectivity index (χ2n) is 11.1. The lowest BCUT2D eigenvalue weighted by atomic mass is 9.77. The van der Waals surface area contributed by atoms with Crippen LogP contribution in [0.4, 0.5) is 0 Å². The van der Waals surface area contributed by atoms with Crippen molar-refractivity contribution in [3.63, 3.8) is 0 Å². The molecule has 2 aromatic heterocycles. The van der Waals surface area contributed by atoms with Gasteiger partial charge in [0.25, 0.3) is 5.91 Å². The highest BCUT2D eigenvalue weighted by molar-refractivity contribution is 5.94. The summed E-state index contributed by atoms with van der Waals surface area (Å²) < 4.78 is 0. The van der Waals surface area contributed by atoms with Gasteiger partial charge in [-0.25, -0.2) is 9.97 Å². The van der Waals surface area contributed by atoms with Gasteiger partial charge >= 0.3 is 0 Å². The number of benzene rings is 1. The molecule has 1 amide bonds. The van der Waals surface area contributed by atoms with E-state index in [2.05, 4.69) is 55.7 Å². The first-order chi connectivity index (χ1) is 17.5. The van der Waals surface area contributed by atoms with Gasteiger partial charge in [-0.1, -0.05) is 26.0 Å². The van der Waals surface area contributed by atoms with E-state index in [1.165, 1.54) is 57.5 Å². The standard InChI is InChI=1S/C28H39N7O/c1-22(2)17-33-14-7-28(8-15-33)9-16-34(21-28)18-23-3-5-24(6-4-23)27(36)35(19-25-29-10-11-30-25)20-26-31-12-13-32-26/h3-6,10-13,22H,7-9,14-21H2,1-2H3,(H,29,30)(H,31,32). The summed E-state index contributed by atoms with van der Waals surface area (Å²) in [5, 5.41) is 0. The summed E-state index contributed by atoms with van der Waals surface area (Å²) in [6.07, 6.45) is 10.9. The number of aromatic nitrogens is 4. The number of aromatic amines is 2. The second-order valence-corrected chi connectivity index (χ2v) is 11.1. The minimum atomic E-state index is -0.0253. The smallest absolute Gasteiger partial charge is 0.254 e. The maximum atomic E-state index is 13.4. The molecule has 2 aliphatic heterocycles. The van der Waals surface area contributed by atoms with Crippen molar-refractivity contribution in [2.45, 2.75) is 52.7 Å². The van der Waals surface area contributed by atoms with Crippen LogP contribution in [0.5, 0.6) is 0 Å². The number of piperidine rings is 1. The monoisotopic (exact) mass is 489 g/mol. The van der Waals surface area contributed by atoms with E-state index in [-0.39, 0.29) is 5.91 Å². The molecule has 36 heavy (non-hydrogen) atoms. The molecule has 0 bridgehead atoms. The van der Waals surface area contributed by atoms with Gasteiger partial charge in [0.15, 0.2) is 0 Å². The third kappa shape index (κ3) is 6.05. The lowest BCUT2D eigenvalue weighted by Crippen LogP contribution is -2.42. The van der Waals surface area contributed by atoms with Gasteiger partial charge in [0.1, 0.15) is 11.6 Å². The molecule has 2 saturated heterocycles. The molecular weight excluding hydrogens is 450 g/mol. The molecule has 2 aliphatic rings. The van der Waals surface area contributed by atoms with E-state index in [0.717, 1.165) is 24.1 Å². The zero-order valence-corrected chi connectivity index (χ0v) is 21.6. The fraction of sp³-hybridized carbons (Fsp3) is 0.536. The van der Waals surface area contributed by atoms with Crippen LogP contribution in [-0.2, 0) is 19.6 Å². The molecular formula is C28H39N7O. The molecule has 1 spiro atoms. The van der Waals surface area contributed by atoms with Crippen molar-refractivity contribution in [1.29, 1.82) is 0 Å². The predicted molar refractivity (Wildman–Crippen MR) is 140 cm³/mol. The average Bonchev–Trinajstić information content (AvgIpc) is 3.64. The largest absolute Gasteiger partial charge is 0.347 e. The zero-order valence-electron chi connectivity index (χ0n) is 21.6. The first-order valence-electron chi connectivity index (χ1n) is 13.3. The van der Waals surface area contributed by atoms with Crippen LogP contribution in [-0.4, -0.2) is 73.3 Å². The van der Waals surface area contributed by atoms with Gasteiger partial charge in [-0.05, 0) is 67.9 Å². The maximum absolute atomic E-state index is 13.4. The van der Waals surface area contributed by atoms with Gasteiger partial charge < -0.3 is 19.8 Å². The van der Waals surface area contributed by atoms with E-state index in [1.54, 1.807) is 29.7 Å². The van der Waals surface area contributed by atoms with Crippen LogP contribution in [0.1, 0.15) is 60.7 Å². The van der Waals surface area contributed by atoms with Crippen molar-refractivity contribution in [2.75, 3.05) is 32.7 Å². The lowest BCUT2D eigenvalue weighted by molar-refractivity contribution is 0.0721. The molecule has 3 aromatic rings. The van der Waals surface area contributed by atoms with Crippen molar-refractivity contribution < 1.29 is 4.79 Å². The molecule has 4 heterocycles. The Morgan fingerprint density at radius 3 is 2.06 bits per heavy atom. The van der Waals surface area contributed by atoms with Gasteiger partial charge in [0, 0.05) is 50.0 Å². The van der Waals surface area contributed by atoms with Crippen molar-refractivity contribution in [3.8, 4) is 0 Å². The molecule has 8 nitrogen and oxygen atoms in total. The number of rotatable bonds is 9. The summed E-state index contributed by atoms with van der Waals surface area (Å²) in [6.45, 7) is 12.5. The third-order valence-corrected chi connectivity index (χ3v) is 7.74. The normalized spacial score (nSPS) is 18.3. The minimum absolute atomic E-state index is 0.0253. The Balaban J connectivity index is 1.18. The topological polar surface area (TPSA) is 84.2 Å². The van der Waals surface area contributed by atoms with Crippen LogP contribution in [0.15, 0.2) is 49.1 Å².